The van der Waals surface area contributed by atoms with E-state index in [2.05, 4.69) is 90.9 Å². The van der Waals surface area contributed by atoms with Crippen molar-refractivity contribution in [3.8, 4) is 11.1 Å². The molecule has 0 bridgehead atoms. The summed E-state index contributed by atoms with van der Waals surface area (Å²) in [7, 11) is 0. The molecule has 5 nitrogen and oxygen atoms in total. The summed E-state index contributed by atoms with van der Waals surface area (Å²) in [6.07, 6.45) is 0. The molecule has 1 fully saturated rings. The minimum atomic E-state index is -0.248. The third-order valence-electron chi connectivity index (χ3n) is 7.29. The first kappa shape index (κ1) is 26.0. The van der Waals surface area contributed by atoms with E-state index in [-0.39, 0.29) is 11.4 Å². The zero-order chi connectivity index (χ0) is 26.7. The van der Waals surface area contributed by atoms with Gasteiger partial charge in [0.2, 0.25) is 0 Å². The molecule has 4 aromatic rings. The molecular formula is C33H37N3O2. The number of hydrogen-bond acceptors (Lipinski definition) is 3. The molecule has 0 saturated carbocycles. The molecule has 5 heteroatoms. The monoisotopic (exact) mass is 507 g/mol. The van der Waals surface area contributed by atoms with Crippen LogP contribution < -0.4 is 10.6 Å². The lowest BCUT2D eigenvalue weighted by atomic mass is 9.86. The first-order valence-electron chi connectivity index (χ1n) is 13.4. The fraction of sp³-hybridized carbons (Fsp3) is 0.303. The number of aryl methyl sites for hydroxylation is 1. The highest BCUT2D eigenvalue weighted by Gasteiger charge is 2.16. The van der Waals surface area contributed by atoms with Gasteiger partial charge in [0.15, 0.2) is 0 Å². The third-order valence-corrected chi connectivity index (χ3v) is 7.29. The summed E-state index contributed by atoms with van der Waals surface area (Å²) in [6, 6.07) is 27.1. The van der Waals surface area contributed by atoms with Crippen LogP contribution in [-0.2, 0) is 16.7 Å². The summed E-state index contributed by atoms with van der Waals surface area (Å²) in [5, 5.41) is 8.22. The van der Waals surface area contributed by atoms with Crippen LogP contribution in [0.1, 0.15) is 37.5 Å². The van der Waals surface area contributed by atoms with Crippen molar-refractivity contribution in [2.24, 2.45) is 0 Å². The molecule has 2 amide bonds. The molecule has 0 aliphatic carbocycles. The molecule has 1 aliphatic rings. The maximum Gasteiger partial charge on any atom is 0.323 e. The van der Waals surface area contributed by atoms with Gasteiger partial charge in [-0.05, 0) is 57.7 Å². The molecule has 38 heavy (non-hydrogen) atoms. The van der Waals surface area contributed by atoms with Gasteiger partial charge in [0.1, 0.15) is 0 Å². The summed E-state index contributed by atoms with van der Waals surface area (Å²) >= 11 is 0. The zero-order valence-corrected chi connectivity index (χ0v) is 22.8. The lowest BCUT2D eigenvalue weighted by Crippen LogP contribution is -2.35. The van der Waals surface area contributed by atoms with Gasteiger partial charge in [0.05, 0.1) is 18.9 Å². The second-order valence-electron chi connectivity index (χ2n) is 11.2. The molecule has 0 aromatic heterocycles. The van der Waals surface area contributed by atoms with Crippen molar-refractivity contribution in [1.82, 2.24) is 4.90 Å². The minimum absolute atomic E-state index is 0.0648. The van der Waals surface area contributed by atoms with E-state index in [1.165, 1.54) is 11.1 Å². The molecule has 4 aromatic carbocycles. The van der Waals surface area contributed by atoms with E-state index in [9.17, 15) is 4.79 Å². The van der Waals surface area contributed by atoms with Crippen LogP contribution in [0.3, 0.4) is 0 Å². The van der Waals surface area contributed by atoms with Gasteiger partial charge in [-0.15, -0.1) is 0 Å². The Bertz CT molecular complexity index is 1430. The lowest BCUT2D eigenvalue weighted by molar-refractivity contribution is 0.0342. The molecule has 5 rings (SSSR count). The Kier molecular flexibility index (Phi) is 7.50. The predicted molar refractivity (Wildman–Crippen MR) is 158 cm³/mol. The summed E-state index contributed by atoms with van der Waals surface area (Å²) in [5.41, 5.74) is 7.58. The van der Waals surface area contributed by atoms with E-state index in [1.54, 1.807) is 0 Å². The number of nitrogens with one attached hydrogen (secondary N) is 2. The number of morpholine rings is 1. The Hall–Kier alpha value is -3.67. The molecule has 0 radical (unpaired) electrons. The van der Waals surface area contributed by atoms with Gasteiger partial charge >= 0.3 is 6.03 Å². The van der Waals surface area contributed by atoms with Crippen LogP contribution in [0, 0.1) is 6.92 Å². The standard InChI is InChI=1S/C33H37N3O2/c1-23-21-26(33(2,3)4)13-15-30(23)34-32(37)35-31-16-14-27(28-7-5-6-8-29(28)31)25-11-9-24(10-12-25)22-36-17-19-38-20-18-36/h5-16,21H,17-20,22H2,1-4H3,(H2,34,35,37). The summed E-state index contributed by atoms with van der Waals surface area (Å²) in [4.78, 5) is 15.4. The quantitative estimate of drug-likeness (QED) is 0.293. The second-order valence-corrected chi connectivity index (χ2v) is 11.2. The number of fused-ring (bicyclic) bond motifs is 1. The fourth-order valence-electron chi connectivity index (χ4n) is 5.01. The van der Waals surface area contributed by atoms with Crippen molar-refractivity contribution in [1.29, 1.82) is 0 Å². The minimum Gasteiger partial charge on any atom is -0.379 e. The van der Waals surface area contributed by atoms with Gasteiger partial charge in [-0.2, -0.15) is 0 Å². The topological polar surface area (TPSA) is 53.6 Å². The van der Waals surface area contributed by atoms with Gasteiger partial charge in [-0.3, -0.25) is 4.90 Å². The van der Waals surface area contributed by atoms with E-state index < -0.39 is 0 Å². The number of benzene rings is 4. The maximum atomic E-state index is 13.0. The smallest absolute Gasteiger partial charge is 0.323 e. The Morgan fingerprint density at radius 3 is 2.18 bits per heavy atom. The number of carbonyl (C=O) groups is 1. The van der Waals surface area contributed by atoms with Crippen molar-refractivity contribution in [2.45, 2.75) is 39.7 Å². The number of urea groups is 1. The highest BCUT2D eigenvalue weighted by Crippen LogP contribution is 2.34. The van der Waals surface area contributed by atoms with Crippen LogP contribution in [0.4, 0.5) is 16.2 Å². The number of ether oxygens (including phenoxy) is 1. The van der Waals surface area contributed by atoms with Crippen LogP contribution in [-0.4, -0.2) is 37.2 Å². The number of carbonyl (C=O) groups excluding carboxylic acids is 1. The fourth-order valence-corrected chi connectivity index (χ4v) is 5.01. The van der Waals surface area contributed by atoms with Gasteiger partial charge in [-0.25, -0.2) is 4.79 Å². The molecule has 1 heterocycles. The molecule has 1 saturated heterocycles. The van der Waals surface area contributed by atoms with Gasteiger partial charge < -0.3 is 15.4 Å². The third kappa shape index (κ3) is 5.90. The highest BCUT2D eigenvalue weighted by atomic mass is 16.5. The van der Waals surface area contributed by atoms with Crippen LogP contribution in [0.5, 0.6) is 0 Å². The molecule has 2 N–H and O–H groups in total. The number of hydrogen-bond donors (Lipinski definition) is 2. The van der Waals surface area contributed by atoms with Crippen LogP contribution in [0.2, 0.25) is 0 Å². The number of nitrogens with zero attached hydrogens (tertiary/aromatic N) is 1. The van der Waals surface area contributed by atoms with Crippen molar-refractivity contribution in [2.75, 3.05) is 36.9 Å². The Morgan fingerprint density at radius 2 is 1.50 bits per heavy atom. The summed E-state index contributed by atoms with van der Waals surface area (Å²) < 4.78 is 5.47. The normalized spacial score (nSPS) is 14.4. The van der Waals surface area contributed by atoms with Crippen LogP contribution >= 0.6 is 0 Å². The SMILES string of the molecule is Cc1cc(C(C)(C)C)ccc1NC(=O)Nc1ccc(-c2ccc(CN3CCOCC3)cc2)c2ccccc12. The maximum absolute atomic E-state index is 13.0. The molecular weight excluding hydrogens is 470 g/mol. The first-order valence-corrected chi connectivity index (χ1v) is 13.4. The van der Waals surface area contributed by atoms with Gasteiger partial charge in [0.25, 0.3) is 0 Å². The van der Waals surface area contributed by atoms with Crippen molar-refractivity contribution >= 4 is 28.2 Å². The van der Waals surface area contributed by atoms with E-state index in [0.29, 0.717) is 0 Å². The zero-order valence-electron chi connectivity index (χ0n) is 22.8. The van der Waals surface area contributed by atoms with Gasteiger partial charge in [0, 0.05) is 30.7 Å². The van der Waals surface area contributed by atoms with Crippen LogP contribution in [0.25, 0.3) is 21.9 Å². The average Bonchev–Trinajstić information content (AvgIpc) is 2.91. The molecule has 196 valence electrons. The number of amides is 2. The number of rotatable bonds is 5. The largest absolute Gasteiger partial charge is 0.379 e. The van der Waals surface area contributed by atoms with E-state index >= 15 is 0 Å². The van der Waals surface area contributed by atoms with Crippen molar-refractivity contribution < 1.29 is 9.53 Å². The molecule has 0 spiro atoms. The lowest BCUT2D eigenvalue weighted by Gasteiger charge is -2.26. The highest BCUT2D eigenvalue weighted by molar-refractivity contribution is 6.09. The summed E-state index contributed by atoms with van der Waals surface area (Å²) in [5.74, 6) is 0. The van der Waals surface area contributed by atoms with Crippen LogP contribution in [0.15, 0.2) is 78.9 Å². The Morgan fingerprint density at radius 1 is 0.842 bits per heavy atom. The Balaban J connectivity index is 1.34. The first-order chi connectivity index (χ1) is 18.3. The van der Waals surface area contributed by atoms with Gasteiger partial charge in [-0.1, -0.05) is 87.5 Å². The molecule has 0 unspecified atom stereocenters. The van der Waals surface area contributed by atoms with E-state index in [4.69, 9.17) is 4.74 Å². The van der Waals surface area contributed by atoms with E-state index in [1.807, 2.05) is 31.2 Å². The molecule has 1 aliphatic heterocycles. The van der Waals surface area contributed by atoms with E-state index in [0.717, 1.165) is 71.7 Å². The Labute approximate surface area is 225 Å². The number of anilines is 2. The second kappa shape index (κ2) is 11.0. The van der Waals surface area contributed by atoms with Crippen molar-refractivity contribution in [3.63, 3.8) is 0 Å². The predicted octanol–water partition coefficient (Wildman–Crippen LogP) is 7.59. The summed E-state index contributed by atoms with van der Waals surface area (Å²) in [6.45, 7) is 13.1. The molecule has 0 atom stereocenters. The van der Waals surface area contributed by atoms with Crippen molar-refractivity contribution in [3.05, 3.63) is 95.6 Å². The average molecular weight is 508 g/mol.